The number of rotatable bonds is 3. The highest BCUT2D eigenvalue weighted by atomic mass is 32.1. The van der Waals surface area contributed by atoms with Crippen LogP contribution in [0.4, 0.5) is 18.9 Å². The monoisotopic (exact) mass is 244 g/mol. The van der Waals surface area contributed by atoms with E-state index in [1.54, 1.807) is 10.9 Å². The Balaban J connectivity index is 2.15. The molecule has 2 rings (SSSR count). The van der Waals surface area contributed by atoms with Crippen molar-refractivity contribution in [2.24, 2.45) is 0 Å². The minimum Gasteiger partial charge on any atom is -0.377 e. The number of benzene rings is 1. The summed E-state index contributed by atoms with van der Waals surface area (Å²) >= 11 is 1.39. The number of aromatic nitrogens is 1. The Bertz CT molecular complexity index is 485. The normalized spacial score (nSPS) is 10.4. The fourth-order valence-electron chi connectivity index (χ4n) is 1.20. The van der Waals surface area contributed by atoms with Gasteiger partial charge in [-0.15, -0.1) is 11.3 Å². The van der Waals surface area contributed by atoms with Crippen molar-refractivity contribution < 1.29 is 13.2 Å². The van der Waals surface area contributed by atoms with E-state index < -0.39 is 17.5 Å². The number of hydrogen-bond acceptors (Lipinski definition) is 3. The zero-order chi connectivity index (χ0) is 11.5. The smallest absolute Gasteiger partial charge is 0.182 e. The first-order valence-electron chi connectivity index (χ1n) is 4.42. The van der Waals surface area contributed by atoms with Gasteiger partial charge in [-0.3, -0.25) is 0 Å². The van der Waals surface area contributed by atoms with Crippen LogP contribution in [-0.4, -0.2) is 4.98 Å². The predicted octanol–water partition coefficient (Wildman–Crippen LogP) is 3.17. The molecule has 0 bridgehead atoms. The third kappa shape index (κ3) is 2.33. The molecule has 0 unspecified atom stereocenters. The molecule has 0 atom stereocenters. The molecule has 1 aromatic carbocycles. The lowest BCUT2D eigenvalue weighted by Crippen LogP contribution is -2.03. The van der Waals surface area contributed by atoms with E-state index in [9.17, 15) is 13.2 Å². The fourth-order valence-corrected chi connectivity index (χ4v) is 1.75. The second kappa shape index (κ2) is 4.52. The van der Waals surface area contributed by atoms with Crippen LogP contribution in [0.5, 0.6) is 0 Å². The molecule has 0 saturated carbocycles. The number of halogens is 3. The van der Waals surface area contributed by atoms with Crippen molar-refractivity contribution in [2.45, 2.75) is 6.54 Å². The first kappa shape index (κ1) is 10.9. The number of hydrogen-bond donors (Lipinski definition) is 1. The maximum absolute atomic E-state index is 13.2. The molecular formula is C10H7F3N2S. The number of nitrogens with zero attached hydrogens (tertiary/aromatic N) is 1. The summed E-state index contributed by atoms with van der Waals surface area (Å²) in [6.07, 6.45) is 0. The molecule has 1 aromatic heterocycles. The molecule has 0 spiro atoms. The molecule has 16 heavy (non-hydrogen) atoms. The van der Waals surface area contributed by atoms with Gasteiger partial charge in [-0.25, -0.2) is 18.2 Å². The molecule has 0 aliphatic heterocycles. The van der Waals surface area contributed by atoms with Crippen molar-refractivity contribution in [1.29, 1.82) is 0 Å². The molecule has 84 valence electrons. The van der Waals surface area contributed by atoms with Crippen LogP contribution in [0.25, 0.3) is 0 Å². The molecule has 6 heteroatoms. The molecule has 0 saturated heterocycles. The van der Waals surface area contributed by atoms with Gasteiger partial charge in [0.25, 0.3) is 0 Å². The molecule has 1 N–H and O–H groups in total. The Labute approximate surface area is 93.8 Å². The van der Waals surface area contributed by atoms with E-state index in [0.717, 1.165) is 6.07 Å². The number of thiazole rings is 1. The summed E-state index contributed by atoms with van der Waals surface area (Å²) in [6.45, 7) is 0.226. The average Bonchev–Trinajstić information content (AvgIpc) is 2.74. The Morgan fingerprint density at radius 3 is 2.75 bits per heavy atom. The van der Waals surface area contributed by atoms with Gasteiger partial charge in [0.1, 0.15) is 5.82 Å². The van der Waals surface area contributed by atoms with Gasteiger partial charge in [0.05, 0.1) is 23.4 Å². The zero-order valence-corrected chi connectivity index (χ0v) is 8.82. The lowest BCUT2D eigenvalue weighted by molar-refractivity contribution is 0.497. The van der Waals surface area contributed by atoms with Crippen LogP contribution in [-0.2, 0) is 6.54 Å². The van der Waals surface area contributed by atoms with Crippen LogP contribution >= 0.6 is 11.3 Å². The lowest BCUT2D eigenvalue weighted by Gasteiger charge is -2.06. The van der Waals surface area contributed by atoms with Gasteiger partial charge in [0.2, 0.25) is 0 Å². The van der Waals surface area contributed by atoms with Crippen molar-refractivity contribution >= 4 is 17.0 Å². The van der Waals surface area contributed by atoms with Crippen LogP contribution in [0.15, 0.2) is 23.0 Å². The molecular weight excluding hydrogens is 237 g/mol. The molecule has 2 aromatic rings. The van der Waals surface area contributed by atoms with E-state index in [1.165, 1.54) is 11.3 Å². The molecule has 0 radical (unpaired) electrons. The van der Waals surface area contributed by atoms with Gasteiger partial charge < -0.3 is 5.32 Å². The second-order valence-corrected chi connectivity index (χ2v) is 3.80. The van der Waals surface area contributed by atoms with Crippen molar-refractivity contribution in [2.75, 3.05) is 5.32 Å². The Hall–Kier alpha value is -1.56. The van der Waals surface area contributed by atoms with E-state index in [-0.39, 0.29) is 12.2 Å². The minimum atomic E-state index is -1.21. The third-order valence-corrected chi connectivity index (χ3v) is 2.57. The van der Waals surface area contributed by atoms with Crippen LogP contribution in [0.1, 0.15) is 5.69 Å². The van der Waals surface area contributed by atoms with Gasteiger partial charge in [-0.05, 0) is 0 Å². The van der Waals surface area contributed by atoms with E-state index in [2.05, 4.69) is 10.3 Å². The van der Waals surface area contributed by atoms with Gasteiger partial charge in [-0.1, -0.05) is 0 Å². The highest BCUT2D eigenvalue weighted by Crippen LogP contribution is 2.19. The first-order valence-corrected chi connectivity index (χ1v) is 5.36. The Morgan fingerprint density at radius 2 is 2.06 bits per heavy atom. The SMILES string of the molecule is Fc1cc(F)c(F)c(NCc2cscn2)c1. The third-order valence-electron chi connectivity index (χ3n) is 1.94. The van der Waals surface area contributed by atoms with Gasteiger partial charge >= 0.3 is 0 Å². The van der Waals surface area contributed by atoms with E-state index in [1.807, 2.05) is 0 Å². The highest BCUT2D eigenvalue weighted by Gasteiger charge is 2.10. The van der Waals surface area contributed by atoms with E-state index in [4.69, 9.17) is 0 Å². The Kier molecular flexibility index (Phi) is 3.09. The topological polar surface area (TPSA) is 24.9 Å². The van der Waals surface area contributed by atoms with Gasteiger partial charge in [-0.2, -0.15) is 0 Å². The zero-order valence-electron chi connectivity index (χ0n) is 8.01. The first-order chi connectivity index (χ1) is 7.66. The maximum Gasteiger partial charge on any atom is 0.182 e. The quantitative estimate of drug-likeness (QED) is 0.839. The van der Waals surface area contributed by atoms with Gasteiger partial charge in [0, 0.05) is 17.5 Å². The molecule has 2 nitrogen and oxygen atoms in total. The van der Waals surface area contributed by atoms with Gasteiger partial charge in [0.15, 0.2) is 11.6 Å². The lowest BCUT2D eigenvalue weighted by atomic mass is 10.2. The fraction of sp³-hybridized carbons (Fsp3) is 0.100. The summed E-state index contributed by atoms with van der Waals surface area (Å²) < 4.78 is 38.8. The minimum absolute atomic E-state index is 0.203. The summed E-state index contributed by atoms with van der Waals surface area (Å²) in [4.78, 5) is 3.95. The summed E-state index contributed by atoms with van der Waals surface area (Å²) in [7, 11) is 0. The van der Waals surface area contributed by atoms with Crippen molar-refractivity contribution in [3.05, 3.63) is 46.2 Å². The maximum atomic E-state index is 13.2. The second-order valence-electron chi connectivity index (χ2n) is 3.08. The molecule has 0 aliphatic carbocycles. The van der Waals surface area contributed by atoms with E-state index in [0.29, 0.717) is 11.8 Å². The Morgan fingerprint density at radius 1 is 1.25 bits per heavy atom. The summed E-state index contributed by atoms with van der Waals surface area (Å²) in [5.41, 5.74) is 2.11. The average molecular weight is 244 g/mol. The van der Waals surface area contributed by atoms with E-state index >= 15 is 0 Å². The molecule has 1 heterocycles. The number of anilines is 1. The predicted molar refractivity (Wildman–Crippen MR) is 55.8 cm³/mol. The van der Waals surface area contributed by atoms with Crippen molar-refractivity contribution in [3.63, 3.8) is 0 Å². The summed E-state index contributed by atoms with van der Waals surface area (Å²) in [6, 6.07) is 1.41. The van der Waals surface area contributed by atoms with Crippen LogP contribution in [0, 0.1) is 17.5 Å². The standard InChI is InChI=1S/C10H7F3N2S/c11-6-1-8(12)10(13)9(2-6)14-3-7-4-16-5-15-7/h1-2,4-5,14H,3H2. The molecule has 0 amide bonds. The van der Waals surface area contributed by atoms with Crippen LogP contribution in [0.2, 0.25) is 0 Å². The van der Waals surface area contributed by atoms with Crippen LogP contribution < -0.4 is 5.32 Å². The summed E-state index contributed by atoms with van der Waals surface area (Å²) in [5.74, 6) is -3.11. The van der Waals surface area contributed by atoms with Crippen molar-refractivity contribution in [1.82, 2.24) is 4.98 Å². The molecule has 0 aliphatic rings. The largest absolute Gasteiger partial charge is 0.377 e. The molecule has 0 fully saturated rings. The van der Waals surface area contributed by atoms with Crippen molar-refractivity contribution in [3.8, 4) is 0 Å². The highest BCUT2D eigenvalue weighted by molar-refractivity contribution is 7.07. The van der Waals surface area contributed by atoms with Crippen LogP contribution in [0.3, 0.4) is 0 Å². The summed E-state index contributed by atoms with van der Waals surface area (Å²) in [5, 5.41) is 4.35. The number of nitrogens with one attached hydrogen (secondary N) is 1.